The number of fused-ring (bicyclic) bond motifs is 1. The van der Waals surface area contributed by atoms with Gasteiger partial charge in [-0.2, -0.15) is 4.98 Å². The summed E-state index contributed by atoms with van der Waals surface area (Å²) in [4.78, 5) is 58.1. The number of thiocarbonyl (C=S) groups is 1. The Hall–Kier alpha value is -7.43. The minimum Gasteiger partial charge on any atom is -0.497 e. The van der Waals surface area contributed by atoms with Crippen molar-refractivity contribution in [2.75, 3.05) is 24.0 Å². The first kappa shape index (κ1) is 38.1. The molecule has 1 spiro atoms. The predicted molar refractivity (Wildman–Crippen MR) is 238 cm³/mol. The monoisotopic (exact) mass is 806 g/mol. The number of hydrogen-bond donors (Lipinski definition) is 1. The number of carbonyl (C=O) groups excluding carboxylic acids is 2. The summed E-state index contributed by atoms with van der Waals surface area (Å²) in [6.45, 7) is 0. The van der Waals surface area contributed by atoms with E-state index in [0.717, 1.165) is 5.56 Å². The molecule has 1 aromatic heterocycles. The lowest BCUT2D eigenvalue weighted by Gasteiger charge is -2.55. The average Bonchev–Trinajstić information content (AvgIpc) is 3.30. The molecule has 294 valence electrons. The van der Waals surface area contributed by atoms with E-state index in [1.807, 2.05) is 164 Å². The molecule has 2 aliphatic rings. The number of aromatic nitrogens is 2. The molecule has 9 nitrogen and oxygen atoms in total. The van der Waals surface area contributed by atoms with Crippen molar-refractivity contribution in [1.29, 1.82) is 0 Å². The molecule has 0 radical (unpaired) electrons. The number of allylic oxidation sites excluding steroid dienone is 1. The number of hydrogen-bond acceptors (Lipinski definition) is 7. The second kappa shape index (κ2) is 15.7. The minimum absolute atomic E-state index is 0.0214. The van der Waals surface area contributed by atoms with Crippen LogP contribution in [0.4, 0.5) is 11.4 Å². The summed E-state index contributed by atoms with van der Waals surface area (Å²) in [5.74, 6) is -1.81. The Morgan fingerprint density at radius 3 is 1.53 bits per heavy atom. The number of methoxy groups -OCH3 is 2. The number of rotatable bonds is 8. The van der Waals surface area contributed by atoms with Crippen molar-refractivity contribution >= 4 is 52.2 Å². The first-order valence-corrected chi connectivity index (χ1v) is 19.8. The summed E-state index contributed by atoms with van der Waals surface area (Å²) in [5, 5.41) is 0.0214. The molecule has 2 heterocycles. The van der Waals surface area contributed by atoms with Crippen LogP contribution >= 0.6 is 12.2 Å². The SMILES string of the molecule is COc1ccc(/C=C2\c3nc(=O)[nH]c(-c4ccc(OC)cc4)c3C(c3ccccc3)C3(C(=O)N(c4ccccc4)C(=S)N(c4ccccc4)C3=O)C2c2ccccc2)cc1. The van der Waals surface area contributed by atoms with E-state index in [1.54, 1.807) is 26.4 Å². The molecule has 1 aliphatic heterocycles. The zero-order chi connectivity index (χ0) is 41.4. The maximum atomic E-state index is 16.6. The number of ether oxygens (including phenoxy) is 2. The number of amides is 2. The van der Waals surface area contributed by atoms with Crippen LogP contribution in [0.15, 0.2) is 175 Å². The van der Waals surface area contributed by atoms with Crippen molar-refractivity contribution in [1.82, 2.24) is 9.97 Å². The van der Waals surface area contributed by atoms with Crippen LogP contribution in [-0.2, 0) is 9.59 Å². The Bertz CT molecular complexity index is 2750. The van der Waals surface area contributed by atoms with Gasteiger partial charge in [0.2, 0.25) is 0 Å². The molecule has 60 heavy (non-hydrogen) atoms. The highest BCUT2D eigenvalue weighted by atomic mass is 32.1. The molecule has 2 unspecified atom stereocenters. The number of benzene rings is 6. The number of carbonyl (C=O) groups is 2. The van der Waals surface area contributed by atoms with E-state index >= 15 is 9.59 Å². The predicted octanol–water partition coefficient (Wildman–Crippen LogP) is 9.28. The number of anilines is 2. The normalized spacial score (nSPS) is 17.8. The van der Waals surface area contributed by atoms with Gasteiger partial charge in [0.15, 0.2) is 10.5 Å². The first-order valence-electron chi connectivity index (χ1n) is 19.4. The van der Waals surface area contributed by atoms with E-state index in [1.165, 1.54) is 9.80 Å². The third kappa shape index (κ3) is 6.29. The highest BCUT2D eigenvalue weighted by Crippen LogP contribution is 2.64. The lowest BCUT2D eigenvalue weighted by molar-refractivity contribution is -0.142. The molecule has 6 aromatic carbocycles. The van der Waals surface area contributed by atoms with Gasteiger partial charge in [0.25, 0.3) is 11.8 Å². The van der Waals surface area contributed by atoms with Crippen molar-refractivity contribution in [2.45, 2.75) is 11.8 Å². The average molecular weight is 807 g/mol. The van der Waals surface area contributed by atoms with Crippen LogP contribution in [0.3, 0.4) is 0 Å². The number of nitrogens with zero attached hydrogens (tertiary/aromatic N) is 3. The molecule has 2 amide bonds. The van der Waals surface area contributed by atoms with Crippen molar-refractivity contribution in [3.05, 3.63) is 208 Å². The topological polar surface area (TPSA) is 105 Å². The number of para-hydroxylation sites is 2. The van der Waals surface area contributed by atoms with E-state index in [4.69, 9.17) is 26.7 Å². The molecule has 1 saturated heterocycles. The minimum atomic E-state index is -2.00. The van der Waals surface area contributed by atoms with Gasteiger partial charge in [-0.15, -0.1) is 0 Å². The van der Waals surface area contributed by atoms with Crippen LogP contribution in [0.5, 0.6) is 11.5 Å². The number of nitrogens with one attached hydrogen (secondary N) is 1. The molecule has 1 N–H and O–H groups in total. The Morgan fingerprint density at radius 2 is 1.05 bits per heavy atom. The second-order valence-electron chi connectivity index (χ2n) is 14.6. The fourth-order valence-corrected chi connectivity index (χ4v) is 9.15. The van der Waals surface area contributed by atoms with Crippen molar-refractivity contribution in [3.8, 4) is 22.8 Å². The molecule has 0 saturated carbocycles. The zero-order valence-corrected chi connectivity index (χ0v) is 33.5. The Balaban J connectivity index is 1.49. The molecule has 0 bridgehead atoms. The molecule has 10 heteroatoms. The lowest BCUT2D eigenvalue weighted by atomic mass is 9.51. The van der Waals surface area contributed by atoms with Gasteiger partial charge in [0, 0.05) is 17.4 Å². The maximum absolute atomic E-state index is 16.6. The van der Waals surface area contributed by atoms with Crippen LogP contribution < -0.4 is 25.0 Å². The van der Waals surface area contributed by atoms with Crippen LogP contribution in [0.25, 0.3) is 22.9 Å². The quantitative estimate of drug-likeness (QED) is 0.121. The number of aromatic amines is 1. The fraction of sp³-hybridized carbons (Fsp3) is 0.100. The van der Waals surface area contributed by atoms with E-state index in [-0.39, 0.29) is 5.11 Å². The molecule has 7 aromatic rings. The summed E-state index contributed by atoms with van der Waals surface area (Å²) in [7, 11) is 3.18. The molecular formula is C50H38N4O5S. The van der Waals surface area contributed by atoms with Crippen LogP contribution in [-0.4, -0.2) is 41.1 Å². The third-order valence-electron chi connectivity index (χ3n) is 11.4. The summed E-state index contributed by atoms with van der Waals surface area (Å²) in [6.07, 6.45) is 1.93. The maximum Gasteiger partial charge on any atom is 0.345 e. The van der Waals surface area contributed by atoms with Gasteiger partial charge in [0.1, 0.15) is 11.5 Å². The molecular weight excluding hydrogens is 769 g/mol. The summed E-state index contributed by atoms with van der Waals surface area (Å²) < 4.78 is 11.0. The molecule has 9 rings (SSSR count). The largest absolute Gasteiger partial charge is 0.497 e. The van der Waals surface area contributed by atoms with Gasteiger partial charge in [0.05, 0.1) is 37.0 Å². The number of H-pyrrole nitrogens is 1. The highest BCUT2D eigenvalue weighted by Gasteiger charge is 2.69. The Labute approximate surface area is 352 Å². The van der Waals surface area contributed by atoms with Gasteiger partial charge in [-0.05, 0) is 107 Å². The van der Waals surface area contributed by atoms with Crippen LogP contribution in [0.1, 0.15) is 39.8 Å². The summed E-state index contributed by atoms with van der Waals surface area (Å²) >= 11 is 6.22. The van der Waals surface area contributed by atoms with E-state index in [2.05, 4.69) is 4.98 Å². The Morgan fingerprint density at radius 1 is 0.600 bits per heavy atom. The van der Waals surface area contributed by atoms with E-state index in [9.17, 15) is 4.79 Å². The van der Waals surface area contributed by atoms with Crippen molar-refractivity contribution in [3.63, 3.8) is 0 Å². The van der Waals surface area contributed by atoms with Crippen molar-refractivity contribution < 1.29 is 19.1 Å². The van der Waals surface area contributed by atoms with Gasteiger partial charge in [-0.25, -0.2) is 4.79 Å². The third-order valence-corrected chi connectivity index (χ3v) is 11.7. The first-order chi connectivity index (χ1) is 29.3. The van der Waals surface area contributed by atoms with Crippen LogP contribution in [0.2, 0.25) is 0 Å². The van der Waals surface area contributed by atoms with Gasteiger partial charge in [-0.1, -0.05) is 109 Å². The molecule has 1 fully saturated rings. The molecule has 2 atom stereocenters. The van der Waals surface area contributed by atoms with Crippen LogP contribution in [0, 0.1) is 5.41 Å². The summed E-state index contributed by atoms with van der Waals surface area (Å²) in [6, 6.07) is 52.2. The second-order valence-corrected chi connectivity index (χ2v) is 14.9. The standard InChI is InChI=1S/C50H38N4O5S/c1-58-38-27-23-32(24-28-38)31-40-42(33-15-7-3-8-16-33)50(46(55)53(36-19-11-5-12-20-36)49(60)54(47(50)56)37-21-13-6-14-22-37)43(34-17-9-4-10-18-34)41-44(51-48(57)52-45(40)41)35-25-29-39(59-2)30-26-35/h3-31,42-43H,1-2H3,(H,51,52,57)/b40-31-. The van der Waals surface area contributed by atoms with E-state index < -0.39 is 34.8 Å². The molecule has 1 aliphatic carbocycles. The zero-order valence-electron chi connectivity index (χ0n) is 32.7. The van der Waals surface area contributed by atoms with Gasteiger partial charge < -0.3 is 14.5 Å². The highest BCUT2D eigenvalue weighted by molar-refractivity contribution is 7.81. The van der Waals surface area contributed by atoms with Crippen molar-refractivity contribution in [2.24, 2.45) is 5.41 Å². The smallest absolute Gasteiger partial charge is 0.345 e. The summed E-state index contributed by atoms with van der Waals surface area (Å²) in [5.41, 5.74) is 2.92. The Kier molecular flexibility index (Phi) is 9.99. The van der Waals surface area contributed by atoms with Gasteiger partial charge >= 0.3 is 5.69 Å². The fourth-order valence-electron chi connectivity index (χ4n) is 8.78. The lowest BCUT2D eigenvalue weighted by Crippen LogP contribution is -2.70. The van der Waals surface area contributed by atoms with Gasteiger partial charge in [-0.3, -0.25) is 19.4 Å². The van der Waals surface area contributed by atoms with E-state index in [0.29, 0.717) is 62.1 Å².